The van der Waals surface area contributed by atoms with Crippen LogP contribution >= 0.6 is 0 Å². The van der Waals surface area contributed by atoms with Gasteiger partial charge >= 0.3 is 0 Å². The van der Waals surface area contributed by atoms with E-state index in [1.807, 2.05) is 47.4 Å². The first-order valence-electron chi connectivity index (χ1n) is 11.1. The van der Waals surface area contributed by atoms with Crippen molar-refractivity contribution in [1.29, 1.82) is 0 Å². The molecule has 0 saturated carbocycles. The van der Waals surface area contributed by atoms with Crippen LogP contribution in [0.25, 0.3) is 10.8 Å². The summed E-state index contributed by atoms with van der Waals surface area (Å²) >= 11 is 0. The highest BCUT2D eigenvalue weighted by Gasteiger charge is 2.22. The maximum atomic E-state index is 12.5. The van der Waals surface area contributed by atoms with Crippen molar-refractivity contribution >= 4 is 22.6 Å². The molecule has 2 saturated heterocycles. The van der Waals surface area contributed by atoms with Crippen molar-refractivity contribution in [1.82, 2.24) is 20.0 Å². The summed E-state index contributed by atoms with van der Waals surface area (Å²) in [6.07, 6.45) is 2.95. The molecule has 0 spiro atoms. The third-order valence-electron chi connectivity index (χ3n) is 6.32. The van der Waals surface area contributed by atoms with Gasteiger partial charge in [0.15, 0.2) is 0 Å². The molecule has 160 valence electrons. The first-order chi connectivity index (χ1) is 14.7. The Balaban J connectivity index is 1.19. The Morgan fingerprint density at radius 3 is 2.23 bits per heavy atom. The van der Waals surface area contributed by atoms with Gasteiger partial charge in [-0.15, -0.1) is 0 Å². The molecule has 2 aliphatic rings. The minimum atomic E-state index is -0.107. The Labute approximate surface area is 178 Å². The van der Waals surface area contributed by atoms with Crippen LogP contribution in [0.4, 0.5) is 0 Å². The molecule has 0 unspecified atom stereocenters. The van der Waals surface area contributed by atoms with Gasteiger partial charge in [-0.05, 0) is 42.3 Å². The molecule has 2 heterocycles. The number of rotatable bonds is 7. The zero-order valence-corrected chi connectivity index (χ0v) is 17.7. The molecule has 30 heavy (non-hydrogen) atoms. The number of carbonyl (C=O) groups is 2. The first-order valence-corrected chi connectivity index (χ1v) is 11.1. The van der Waals surface area contributed by atoms with Crippen LogP contribution in [-0.4, -0.2) is 85.4 Å². The van der Waals surface area contributed by atoms with Crippen LogP contribution in [0.1, 0.15) is 18.4 Å². The average molecular weight is 409 g/mol. The van der Waals surface area contributed by atoms with Gasteiger partial charge in [-0.1, -0.05) is 42.5 Å². The maximum Gasteiger partial charge on any atom is 0.242 e. The van der Waals surface area contributed by atoms with E-state index >= 15 is 0 Å². The van der Waals surface area contributed by atoms with E-state index in [1.165, 1.54) is 25.9 Å². The summed E-state index contributed by atoms with van der Waals surface area (Å²) in [6.45, 7) is 8.11. The molecule has 0 atom stereocenters. The second-order valence-electron chi connectivity index (χ2n) is 8.36. The monoisotopic (exact) mass is 408 g/mol. The average Bonchev–Trinajstić information content (AvgIpc) is 3.30. The number of nitrogens with one attached hydrogen (secondary N) is 1. The van der Waals surface area contributed by atoms with Crippen LogP contribution in [0.5, 0.6) is 0 Å². The Bertz CT molecular complexity index is 865. The molecule has 2 amide bonds. The third-order valence-corrected chi connectivity index (χ3v) is 6.32. The van der Waals surface area contributed by atoms with E-state index in [2.05, 4.69) is 15.1 Å². The van der Waals surface area contributed by atoms with Crippen LogP contribution in [0.15, 0.2) is 42.5 Å². The lowest BCUT2D eigenvalue weighted by atomic mass is 10.0. The summed E-state index contributed by atoms with van der Waals surface area (Å²) in [7, 11) is 0. The minimum Gasteiger partial charge on any atom is -0.347 e. The number of fused-ring (bicyclic) bond motifs is 1. The molecule has 0 bridgehead atoms. The zero-order chi connectivity index (χ0) is 20.8. The molecule has 6 nitrogen and oxygen atoms in total. The maximum absolute atomic E-state index is 12.5. The van der Waals surface area contributed by atoms with Crippen molar-refractivity contribution in [2.75, 3.05) is 58.9 Å². The van der Waals surface area contributed by atoms with Gasteiger partial charge < -0.3 is 15.1 Å². The summed E-state index contributed by atoms with van der Waals surface area (Å²) in [5.41, 5.74) is 0.990. The van der Waals surface area contributed by atoms with Gasteiger partial charge in [0.2, 0.25) is 11.8 Å². The second kappa shape index (κ2) is 10.0. The number of benzene rings is 2. The van der Waals surface area contributed by atoms with Gasteiger partial charge in [0.25, 0.3) is 0 Å². The van der Waals surface area contributed by atoms with Gasteiger partial charge in [0.05, 0.1) is 13.0 Å². The van der Waals surface area contributed by atoms with E-state index < -0.39 is 0 Å². The van der Waals surface area contributed by atoms with E-state index in [4.69, 9.17) is 0 Å². The lowest BCUT2D eigenvalue weighted by Crippen LogP contribution is -2.52. The molecule has 6 heteroatoms. The van der Waals surface area contributed by atoms with Gasteiger partial charge in [-0.2, -0.15) is 0 Å². The van der Waals surface area contributed by atoms with Gasteiger partial charge in [0, 0.05) is 39.3 Å². The van der Waals surface area contributed by atoms with E-state index in [1.54, 1.807) is 0 Å². The van der Waals surface area contributed by atoms with E-state index in [0.717, 1.165) is 55.6 Å². The van der Waals surface area contributed by atoms with Crippen LogP contribution < -0.4 is 5.32 Å². The Hall–Kier alpha value is -2.44. The van der Waals surface area contributed by atoms with Crippen LogP contribution in [0.3, 0.4) is 0 Å². The number of hydrogen-bond acceptors (Lipinski definition) is 4. The van der Waals surface area contributed by atoms with E-state index in [9.17, 15) is 9.59 Å². The molecule has 0 radical (unpaired) electrons. The predicted molar refractivity (Wildman–Crippen MR) is 119 cm³/mol. The lowest BCUT2D eigenvalue weighted by Gasteiger charge is -2.35. The minimum absolute atomic E-state index is 0.0143. The standard InChI is InChI=1S/C24H32N4O2/c29-23(18-21-8-5-7-20-6-1-2-9-22(20)21)25-19-24(30)28-16-14-27(15-17-28)13-12-26-10-3-4-11-26/h1-2,5-9H,3-4,10-19H2,(H,25,29). The summed E-state index contributed by atoms with van der Waals surface area (Å²) in [5, 5.41) is 5.03. The highest BCUT2D eigenvalue weighted by Crippen LogP contribution is 2.18. The number of amides is 2. The molecule has 2 aromatic rings. The number of likely N-dealkylation sites (tertiary alicyclic amines) is 1. The van der Waals surface area contributed by atoms with Crippen molar-refractivity contribution in [2.24, 2.45) is 0 Å². The number of nitrogens with zero attached hydrogens (tertiary/aromatic N) is 3. The normalized spacial score (nSPS) is 18.1. The molecular formula is C24H32N4O2. The Morgan fingerprint density at radius 2 is 1.47 bits per heavy atom. The van der Waals surface area contributed by atoms with Crippen LogP contribution in [-0.2, 0) is 16.0 Å². The molecule has 1 N–H and O–H groups in total. The van der Waals surface area contributed by atoms with Crippen LogP contribution in [0.2, 0.25) is 0 Å². The summed E-state index contributed by atoms with van der Waals surface area (Å²) in [4.78, 5) is 31.8. The molecular weight excluding hydrogens is 376 g/mol. The fourth-order valence-corrected chi connectivity index (χ4v) is 4.48. The highest BCUT2D eigenvalue weighted by molar-refractivity contribution is 5.91. The van der Waals surface area contributed by atoms with Gasteiger partial charge in [-0.3, -0.25) is 14.5 Å². The van der Waals surface area contributed by atoms with E-state index in [0.29, 0.717) is 6.42 Å². The van der Waals surface area contributed by atoms with Crippen molar-refractivity contribution < 1.29 is 9.59 Å². The van der Waals surface area contributed by atoms with Crippen molar-refractivity contribution in [3.63, 3.8) is 0 Å². The van der Waals surface area contributed by atoms with Crippen LogP contribution in [0, 0.1) is 0 Å². The molecule has 4 rings (SSSR count). The second-order valence-corrected chi connectivity index (χ2v) is 8.36. The Morgan fingerprint density at radius 1 is 0.800 bits per heavy atom. The molecule has 0 aromatic heterocycles. The molecule has 2 aliphatic heterocycles. The van der Waals surface area contributed by atoms with Gasteiger partial charge in [0.1, 0.15) is 0 Å². The van der Waals surface area contributed by atoms with Crippen molar-refractivity contribution in [2.45, 2.75) is 19.3 Å². The van der Waals surface area contributed by atoms with E-state index in [-0.39, 0.29) is 18.4 Å². The summed E-state index contributed by atoms with van der Waals surface area (Å²) in [6, 6.07) is 14.1. The fraction of sp³-hybridized carbons (Fsp3) is 0.500. The Kier molecular flexibility index (Phi) is 6.97. The molecule has 0 aliphatic carbocycles. The third kappa shape index (κ3) is 5.37. The smallest absolute Gasteiger partial charge is 0.242 e. The summed E-state index contributed by atoms with van der Waals surface area (Å²) < 4.78 is 0. The largest absolute Gasteiger partial charge is 0.347 e. The lowest BCUT2D eigenvalue weighted by molar-refractivity contribution is -0.134. The number of piperazine rings is 1. The zero-order valence-electron chi connectivity index (χ0n) is 17.7. The fourth-order valence-electron chi connectivity index (χ4n) is 4.48. The van der Waals surface area contributed by atoms with Gasteiger partial charge in [-0.25, -0.2) is 0 Å². The SMILES string of the molecule is O=C(Cc1cccc2ccccc12)NCC(=O)N1CCN(CCN2CCCC2)CC1. The first kappa shape index (κ1) is 20.8. The van der Waals surface area contributed by atoms with Crippen molar-refractivity contribution in [3.8, 4) is 0 Å². The molecule has 2 fully saturated rings. The number of carbonyl (C=O) groups excluding carboxylic acids is 2. The highest BCUT2D eigenvalue weighted by atomic mass is 16.2. The topological polar surface area (TPSA) is 55.9 Å². The quantitative estimate of drug-likeness (QED) is 0.758. The summed E-state index contributed by atoms with van der Waals surface area (Å²) in [5.74, 6) is -0.0931. The number of hydrogen-bond donors (Lipinski definition) is 1. The molecule has 2 aromatic carbocycles. The van der Waals surface area contributed by atoms with Crippen molar-refractivity contribution in [3.05, 3.63) is 48.0 Å². The predicted octanol–water partition coefficient (Wildman–Crippen LogP) is 1.74.